The molecule has 0 unspecified atom stereocenters. The van der Waals surface area contributed by atoms with Crippen LogP contribution in [0.15, 0.2) is 36.7 Å². The second-order valence-corrected chi connectivity index (χ2v) is 6.71. The molecule has 0 radical (unpaired) electrons. The van der Waals surface area contributed by atoms with Crippen LogP contribution in [0.25, 0.3) is 0 Å². The first kappa shape index (κ1) is 15.7. The highest BCUT2D eigenvalue weighted by molar-refractivity contribution is 7.88. The van der Waals surface area contributed by atoms with E-state index in [2.05, 4.69) is 9.82 Å². The molecule has 1 aromatic heterocycles. The van der Waals surface area contributed by atoms with Crippen molar-refractivity contribution in [3.8, 4) is 0 Å². The molecule has 2 N–H and O–H groups in total. The van der Waals surface area contributed by atoms with Crippen LogP contribution in [-0.4, -0.2) is 29.8 Å². The van der Waals surface area contributed by atoms with E-state index in [4.69, 9.17) is 5.11 Å². The number of aliphatic hydroxyl groups excluding tert-OH is 1. The van der Waals surface area contributed by atoms with Gasteiger partial charge in [-0.2, -0.15) is 5.10 Å². The number of benzene rings is 1. The van der Waals surface area contributed by atoms with Gasteiger partial charge in [-0.15, -0.1) is 0 Å². The number of aryl methyl sites for hydroxylation is 1. The van der Waals surface area contributed by atoms with Crippen molar-refractivity contribution in [1.82, 2.24) is 14.5 Å². The highest BCUT2D eigenvalue weighted by Crippen LogP contribution is 2.08. The summed E-state index contributed by atoms with van der Waals surface area (Å²) in [5, 5.41) is 13.0. The average Bonchev–Trinajstić information content (AvgIpc) is 2.84. The summed E-state index contributed by atoms with van der Waals surface area (Å²) < 4.78 is 28.2. The number of hydrogen-bond donors (Lipinski definition) is 2. The fourth-order valence-corrected chi connectivity index (χ4v) is 3.11. The number of hydrogen-bond acceptors (Lipinski definition) is 4. The van der Waals surface area contributed by atoms with Crippen LogP contribution in [-0.2, 0) is 35.9 Å². The highest BCUT2D eigenvalue weighted by atomic mass is 32.2. The first-order chi connectivity index (χ1) is 9.98. The van der Waals surface area contributed by atoms with Crippen LogP contribution in [0.1, 0.15) is 16.7 Å². The molecule has 0 spiro atoms. The Morgan fingerprint density at radius 2 is 1.86 bits per heavy atom. The highest BCUT2D eigenvalue weighted by Gasteiger charge is 2.11. The Morgan fingerprint density at radius 1 is 1.19 bits per heavy atom. The fourth-order valence-electron chi connectivity index (χ4n) is 1.96. The summed E-state index contributed by atoms with van der Waals surface area (Å²) in [6.45, 7) is 0.305. The molecule has 2 aromatic rings. The lowest BCUT2D eigenvalue weighted by atomic mass is 10.2. The van der Waals surface area contributed by atoms with Gasteiger partial charge < -0.3 is 5.11 Å². The summed E-state index contributed by atoms with van der Waals surface area (Å²) in [7, 11) is -1.53. The van der Waals surface area contributed by atoms with E-state index in [0.717, 1.165) is 11.1 Å². The van der Waals surface area contributed by atoms with Gasteiger partial charge in [0.25, 0.3) is 0 Å². The first-order valence-corrected chi connectivity index (χ1v) is 8.27. The SMILES string of the molecule is Cn1cc(CCNS(=O)(=O)Cc2ccc(CO)cc2)cn1. The zero-order chi connectivity index (χ0) is 15.3. The van der Waals surface area contributed by atoms with Crippen LogP contribution in [0.4, 0.5) is 0 Å². The molecule has 1 aromatic carbocycles. The lowest BCUT2D eigenvalue weighted by molar-refractivity contribution is 0.282. The normalized spacial score (nSPS) is 11.7. The van der Waals surface area contributed by atoms with Crippen molar-refractivity contribution in [2.24, 2.45) is 7.05 Å². The number of rotatable bonds is 7. The van der Waals surface area contributed by atoms with Crippen molar-refractivity contribution in [2.75, 3.05) is 6.54 Å². The molecule has 0 aliphatic heterocycles. The molecule has 114 valence electrons. The van der Waals surface area contributed by atoms with E-state index < -0.39 is 10.0 Å². The Labute approximate surface area is 124 Å². The molecule has 0 saturated carbocycles. The first-order valence-electron chi connectivity index (χ1n) is 6.62. The van der Waals surface area contributed by atoms with E-state index in [1.807, 2.05) is 13.2 Å². The Hall–Kier alpha value is -1.70. The zero-order valence-corrected chi connectivity index (χ0v) is 12.7. The number of nitrogens with zero attached hydrogens (tertiary/aromatic N) is 2. The van der Waals surface area contributed by atoms with Gasteiger partial charge in [0, 0.05) is 19.8 Å². The minimum absolute atomic E-state index is 0.0452. The molecule has 0 amide bonds. The topological polar surface area (TPSA) is 84.2 Å². The van der Waals surface area contributed by atoms with E-state index in [9.17, 15) is 8.42 Å². The van der Waals surface area contributed by atoms with Gasteiger partial charge in [-0.25, -0.2) is 13.1 Å². The molecule has 0 saturated heterocycles. The summed E-state index contributed by atoms with van der Waals surface area (Å²) in [6, 6.07) is 6.87. The summed E-state index contributed by atoms with van der Waals surface area (Å²) in [6.07, 6.45) is 4.19. The van der Waals surface area contributed by atoms with E-state index in [-0.39, 0.29) is 12.4 Å². The molecule has 1 heterocycles. The van der Waals surface area contributed by atoms with E-state index in [1.165, 1.54) is 0 Å². The third-order valence-electron chi connectivity index (χ3n) is 3.06. The monoisotopic (exact) mass is 309 g/mol. The van der Waals surface area contributed by atoms with Crippen molar-refractivity contribution in [3.05, 3.63) is 53.3 Å². The molecule has 21 heavy (non-hydrogen) atoms. The van der Waals surface area contributed by atoms with Crippen LogP contribution in [0.5, 0.6) is 0 Å². The van der Waals surface area contributed by atoms with Gasteiger partial charge in [-0.05, 0) is 23.1 Å². The number of nitrogens with one attached hydrogen (secondary N) is 1. The molecule has 7 heteroatoms. The van der Waals surface area contributed by atoms with Gasteiger partial charge >= 0.3 is 0 Å². The van der Waals surface area contributed by atoms with Crippen LogP contribution >= 0.6 is 0 Å². The Morgan fingerprint density at radius 3 is 2.43 bits per heavy atom. The smallest absolute Gasteiger partial charge is 0.215 e. The second kappa shape index (κ2) is 6.84. The maximum absolute atomic E-state index is 12.0. The average molecular weight is 309 g/mol. The number of aromatic nitrogens is 2. The molecule has 0 fully saturated rings. The lowest BCUT2D eigenvalue weighted by Gasteiger charge is -2.06. The van der Waals surface area contributed by atoms with Crippen LogP contribution in [0.3, 0.4) is 0 Å². The third kappa shape index (κ3) is 4.96. The maximum atomic E-state index is 12.0. The summed E-state index contributed by atoms with van der Waals surface area (Å²) in [5.41, 5.74) is 2.45. The minimum Gasteiger partial charge on any atom is -0.392 e. The lowest BCUT2D eigenvalue weighted by Crippen LogP contribution is -2.27. The van der Waals surface area contributed by atoms with Gasteiger partial charge in [0.05, 0.1) is 18.6 Å². The molecule has 0 aliphatic carbocycles. The van der Waals surface area contributed by atoms with Crippen molar-refractivity contribution in [2.45, 2.75) is 18.8 Å². The van der Waals surface area contributed by atoms with Gasteiger partial charge in [0.15, 0.2) is 0 Å². The number of aliphatic hydroxyl groups is 1. The van der Waals surface area contributed by atoms with Crippen LogP contribution < -0.4 is 4.72 Å². The number of sulfonamides is 1. The molecular weight excluding hydrogens is 290 g/mol. The minimum atomic E-state index is -3.36. The predicted molar refractivity (Wildman–Crippen MR) is 79.9 cm³/mol. The van der Waals surface area contributed by atoms with Crippen LogP contribution in [0.2, 0.25) is 0 Å². The maximum Gasteiger partial charge on any atom is 0.215 e. The molecule has 0 aliphatic rings. The van der Waals surface area contributed by atoms with Gasteiger partial charge in [0.2, 0.25) is 10.0 Å². The molecule has 6 nitrogen and oxygen atoms in total. The third-order valence-corrected chi connectivity index (χ3v) is 4.41. The predicted octanol–water partition coefficient (Wildman–Crippen LogP) is 0.574. The summed E-state index contributed by atoms with van der Waals surface area (Å²) >= 11 is 0. The van der Waals surface area contributed by atoms with Gasteiger partial charge in [-0.3, -0.25) is 4.68 Å². The molecular formula is C14H19N3O3S. The summed E-state index contributed by atoms with van der Waals surface area (Å²) in [4.78, 5) is 0. The molecule has 0 atom stereocenters. The zero-order valence-electron chi connectivity index (χ0n) is 11.9. The van der Waals surface area contributed by atoms with E-state index >= 15 is 0 Å². The second-order valence-electron chi connectivity index (χ2n) is 4.90. The van der Waals surface area contributed by atoms with Crippen molar-refractivity contribution in [3.63, 3.8) is 0 Å². The Balaban J connectivity index is 1.86. The van der Waals surface area contributed by atoms with Gasteiger partial charge in [0.1, 0.15) is 0 Å². The van der Waals surface area contributed by atoms with Crippen molar-refractivity contribution < 1.29 is 13.5 Å². The molecule has 0 bridgehead atoms. The van der Waals surface area contributed by atoms with Crippen molar-refractivity contribution in [1.29, 1.82) is 0 Å². The van der Waals surface area contributed by atoms with E-state index in [1.54, 1.807) is 35.1 Å². The van der Waals surface area contributed by atoms with Gasteiger partial charge in [-0.1, -0.05) is 24.3 Å². The van der Waals surface area contributed by atoms with E-state index in [0.29, 0.717) is 18.5 Å². The molecule has 2 rings (SSSR count). The largest absolute Gasteiger partial charge is 0.392 e. The van der Waals surface area contributed by atoms with Crippen LogP contribution in [0, 0.1) is 0 Å². The quantitative estimate of drug-likeness (QED) is 0.783. The van der Waals surface area contributed by atoms with Crippen molar-refractivity contribution >= 4 is 10.0 Å². The fraction of sp³-hybridized carbons (Fsp3) is 0.357. The summed E-state index contributed by atoms with van der Waals surface area (Å²) in [5.74, 6) is -0.0637. The standard InChI is InChI=1S/C14H19N3O3S/c1-17-9-14(8-15-17)6-7-16-21(19,20)11-13-4-2-12(10-18)3-5-13/h2-5,8-9,16,18H,6-7,10-11H2,1H3. The Bertz CT molecular complexity index is 678. The Kier molecular flexibility index (Phi) is 5.11.